The number of amides is 1. The minimum absolute atomic E-state index is 0.0381. The summed E-state index contributed by atoms with van der Waals surface area (Å²) in [5.74, 6) is 6.90. The van der Waals surface area contributed by atoms with Crippen LogP contribution in [0.1, 0.15) is 18.9 Å². The first-order valence-electron chi connectivity index (χ1n) is 6.66. The van der Waals surface area contributed by atoms with Crippen LogP contribution < -0.4 is 25.6 Å². The number of benzene rings is 1. The number of nitrogens with one attached hydrogen (secondary N) is 1. The maximum absolute atomic E-state index is 12.1. The van der Waals surface area contributed by atoms with Gasteiger partial charge in [-0.3, -0.25) is 16.1 Å². The van der Waals surface area contributed by atoms with E-state index in [4.69, 9.17) is 15.3 Å². The minimum Gasteiger partial charge on any atom is -0.493 e. The highest BCUT2D eigenvalue weighted by atomic mass is 16.5. The van der Waals surface area contributed by atoms with Crippen LogP contribution in [0.2, 0.25) is 0 Å². The molecular weight excluding hydrogens is 258 g/mol. The number of hydrogen-bond acceptors (Lipinski definition) is 5. The Balaban J connectivity index is 2.49. The van der Waals surface area contributed by atoms with Crippen molar-refractivity contribution in [3.8, 4) is 11.5 Å². The van der Waals surface area contributed by atoms with E-state index in [0.717, 1.165) is 17.7 Å². The van der Waals surface area contributed by atoms with Gasteiger partial charge in [-0.05, 0) is 18.1 Å². The summed E-state index contributed by atoms with van der Waals surface area (Å²) in [5.41, 5.74) is 4.66. The Bertz CT molecular complexity index is 505. The molecule has 0 aliphatic carbocycles. The lowest BCUT2D eigenvalue weighted by Crippen LogP contribution is -2.50. The van der Waals surface area contributed by atoms with Gasteiger partial charge in [0.25, 0.3) is 0 Å². The van der Waals surface area contributed by atoms with Gasteiger partial charge in [0.15, 0.2) is 11.5 Å². The van der Waals surface area contributed by atoms with Crippen molar-refractivity contribution in [1.29, 1.82) is 0 Å². The van der Waals surface area contributed by atoms with Crippen LogP contribution in [-0.2, 0) is 11.2 Å². The maximum Gasteiger partial charge on any atom is 0.226 e. The number of rotatable bonds is 4. The number of nitrogens with two attached hydrogens (primary N) is 1. The zero-order valence-corrected chi connectivity index (χ0v) is 12.1. The van der Waals surface area contributed by atoms with E-state index in [2.05, 4.69) is 5.43 Å². The van der Waals surface area contributed by atoms with Crippen molar-refractivity contribution in [3.05, 3.63) is 17.7 Å². The Kier molecular flexibility index (Phi) is 4.46. The largest absolute Gasteiger partial charge is 0.493 e. The van der Waals surface area contributed by atoms with Crippen LogP contribution in [0.4, 0.5) is 5.69 Å². The zero-order chi connectivity index (χ0) is 14.7. The van der Waals surface area contributed by atoms with E-state index in [1.54, 1.807) is 19.1 Å². The number of ether oxygens (including phenoxy) is 2. The standard InChI is InChI=1S/C14H21N3O3/c1-4-14(18)17-8-10(16-15)5-9-6-12(19-2)13(20-3)7-11(9)17/h6-7,10,16H,4-5,8,15H2,1-3H3/t10-/m0/s1. The first-order valence-corrected chi connectivity index (χ1v) is 6.66. The van der Waals surface area contributed by atoms with Gasteiger partial charge in [0.2, 0.25) is 5.91 Å². The van der Waals surface area contributed by atoms with Crippen molar-refractivity contribution in [2.45, 2.75) is 25.8 Å². The fraction of sp³-hybridized carbons (Fsp3) is 0.500. The third kappa shape index (κ3) is 2.57. The lowest BCUT2D eigenvalue weighted by atomic mass is 9.97. The molecule has 1 aliphatic rings. The highest BCUT2D eigenvalue weighted by molar-refractivity contribution is 5.95. The predicted molar refractivity (Wildman–Crippen MR) is 77.0 cm³/mol. The highest BCUT2D eigenvalue weighted by Crippen LogP contribution is 2.38. The third-order valence-corrected chi connectivity index (χ3v) is 3.58. The molecule has 2 rings (SSSR count). The molecule has 0 radical (unpaired) electrons. The smallest absolute Gasteiger partial charge is 0.226 e. The fourth-order valence-corrected chi connectivity index (χ4v) is 2.51. The van der Waals surface area contributed by atoms with Gasteiger partial charge in [-0.15, -0.1) is 0 Å². The lowest BCUT2D eigenvalue weighted by molar-refractivity contribution is -0.118. The summed E-state index contributed by atoms with van der Waals surface area (Å²) >= 11 is 0. The molecule has 0 saturated carbocycles. The van der Waals surface area contributed by atoms with E-state index < -0.39 is 0 Å². The number of hydrogen-bond donors (Lipinski definition) is 2. The first kappa shape index (κ1) is 14.6. The Morgan fingerprint density at radius 3 is 2.60 bits per heavy atom. The molecular formula is C14H21N3O3. The minimum atomic E-state index is 0.0381. The molecule has 6 heteroatoms. The number of methoxy groups -OCH3 is 2. The molecule has 110 valence electrons. The summed E-state index contributed by atoms with van der Waals surface area (Å²) in [6.07, 6.45) is 1.20. The fourth-order valence-electron chi connectivity index (χ4n) is 2.51. The molecule has 0 spiro atoms. The molecule has 0 bridgehead atoms. The Morgan fingerprint density at radius 2 is 2.05 bits per heavy atom. The molecule has 1 aromatic rings. The molecule has 1 aromatic carbocycles. The van der Waals surface area contributed by atoms with Crippen LogP contribution in [0.25, 0.3) is 0 Å². The molecule has 0 saturated heterocycles. The number of fused-ring (bicyclic) bond motifs is 1. The molecule has 3 N–H and O–H groups in total. The Morgan fingerprint density at radius 1 is 1.40 bits per heavy atom. The van der Waals surface area contributed by atoms with E-state index in [-0.39, 0.29) is 11.9 Å². The van der Waals surface area contributed by atoms with Crippen LogP contribution in [-0.4, -0.2) is 32.7 Å². The average Bonchev–Trinajstić information content (AvgIpc) is 2.51. The van der Waals surface area contributed by atoms with Crippen LogP contribution in [0, 0.1) is 0 Å². The normalized spacial score (nSPS) is 17.6. The zero-order valence-electron chi connectivity index (χ0n) is 12.1. The van der Waals surface area contributed by atoms with Gasteiger partial charge in [0.05, 0.1) is 19.9 Å². The molecule has 1 aliphatic heterocycles. The molecule has 6 nitrogen and oxygen atoms in total. The van der Waals surface area contributed by atoms with Crippen LogP contribution in [0.3, 0.4) is 0 Å². The Hall–Kier alpha value is -1.79. The first-order chi connectivity index (χ1) is 9.64. The van der Waals surface area contributed by atoms with Crippen LogP contribution in [0.5, 0.6) is 11.5 Å². The van der Waals surface area contributed by atoms with Crippen molar-refractivity contribution < 1.29 is 14.3 Å². The molecule has 1 heterocycles. The van der Waals surface area contributed by atoms with Gasteiger partial charge in [0, 0.05) is 25.1 Å². The lowest BCUT2D eigenvalue weighted by Gasteiger charge is -2.34. The van der Waals surface area contributed by atoms with E-state index in [0.29, 0.717) is 24.5 Å². The van der Waals surface area contributed by atoms with Crippen molar-refractivity contribution in [1.82, 2.24) is 5.43 Å². The predicted octanol–water partition coefficient (Wildman–Crippen LogP) is 0.835. The summed E-state index contributed by atoms with van der Waals surface area (Å²) in [6, 6.07) is 3.80. The number of nitrogens with zero attached hydrogens (tertiary/aromatic N) is 1. The van der Waals surface area contributed by atoms with Crippen LogP contribution in [0.15, 0.2) is 12.1 Å². The number of carbonyl (C=O) groups is 1. The van der Waals surface area contributed by atoms with Gasteiger partial charge in [0.1, 0.15) is 0 Å². The number of hydrazine groups is 1. The highest BCUT2D eigenvalue weighted by Gasteiger charge is 2.28. The third-order valence-electron chi connectivity index (χ3n) is 3.58. The summed E-state index contributed by atoms with van der Waals surface area (Å²) in [4.78, 5) is 13.9. The van der Waals surface area contributed by atoms with Gasteiger partial charge in [-0.25, -0.2) is 0 Å². The molecule has 0 fully saturated rings. The molecule has 1 amide bonds. The molecule has 1 atom stereocenters. The van der Waals surface area contributed by atoms with Crippen molar-refractivity contribution in [3.63, 3.8) is 0 Å². The topological polar surface area (TPSA) is 76.8 Å². The second-order valence-corrected chi connectivity index (χ2v) is 4.76. The summed E-state index contributed by atoms with van der Waals surface area (Å²) in [5, 5.41) is 0. The average molecular weight is 279 g/mol. The van der Waals surface area contributed by atoms with Gasteiger partial charge in [-0.2, -0.15) is 0 Å². The van der Waals surface area contributed by atoms with Crippen molar-refractivity contribution >= 4 is 11.6 Å². The molecule has 0 aromatic heterocycles. The van der Waals surface area contributed by atoms with Crippen molar-refractivity contribution in [2.24, 2.45) is 5.84 Å². The monoisotopic (exact) mass is 279 g/mol. The summed E-state index contributed by atoms with van der Waals surface area (Å²) < 4.78 is 10.6. The summed E-state index contributed by atoms with van der Waals surface area (Å²) in [7, 11) is 3.18. The van der Waals surface area contributed by atoms with Gasteiger partial charge < -0.3 is 14.4 Å². The van der Waals surface area contributed by atoms with E-state index >= 15 is 0 Å². The second-order valence-electron chi connectivity index (χ2n) is 4.76. The summed E-state index contributed by atoms with van der Waals surface area (Å²) in [6.45, 7) is 2.41. The number of carbonyl (C=O) groups excluding carboxylic acids is 1. The second kappa shape index (κ2) is 6.11. The van der Waals surface area contributed by atoms with E-state index in [1.165, 1.54) is 0 Å². The van der Waals surface area contributed by atoms with Crippen LogP contribution >= 0.6 is 0 Å². The molecule has 0 unspecified atom stereocenters. The van der Waals surface area contributed by atoms with Gasteiger partial charge in [-0.1, -0.05) is 6.92 Å². The molecule has 20 heavy (non-hydrogen) atoms. The van der Waals surface area contributed by atoms with E-state index in [9.17, 15) is 4.79 Å². The van der Waals surface area contributed by atoms with E-state index in [1.807, 2.05) is 19.1 Å². The SMILES string of the molecule is CCC(=O)N1C[C@@H](NN)Cc2cc(OC)c(OC)cc21. The Labute approximate surface area is 118 Å². The van der Waals surface area contributed by atoms with Gasteiger partial charge >= 0.3 is 0 Å². The number of anilines is 1. The van der Waals surface area contributed by atoms with Crippen molar-refractivity contribution in [2.75, 3.05) is 25.7 Å². The quantitative estimate of drug-likeness (QED) is 0.631. The maximum atomic E-state index is 12.1.